The van der Waals surface area contributed by atoms with E-state index in [-0.39, 0.29) is 12.5 Å². The maximum Gasteiger partial charge on any atom is 0.410 e. The normalized spacial score (nSPS) is 13.3. The molecule has 0 aliphatic rings. The van der Waals surface area contributed by atoms with Crippen molar-refractivity contribution in [2.45, 2.75) is 73.5 Å². The maximum atomic E-state index is 12.4. The molecule has 7 heteroatoms. The lowest BCUT2D eigenvalue weighted by atomic mass is 10.0. The summed E-state index contributed by atoms with van der Waals surface area (Å²) in [4.78, 5) is 24.1. The van der Waals surface area contributed by atoms with E-state index in [1.165, 1.54) is 0 Å². The number of amides is 1. The number of rotatable bonds is 11. The number of nitrogens with zero attached hydrogens (tertiary/aromatic N) is 1. The molecule has 0 aliphatic carbocycles. The van der Waals surface area contributed by atoms with Crippen molar-refractivity contribution in [2.75, 3.05) is 6.61 Å². The van der Waals surface area contributed by atoms with Gasteiger partial charge in [-0.2, -0.15) is 0 Å². The quantitative estimate of drug-likeness (QED) is 0.493. The van der Waals surface area contributed by atoms with Crippen LogP contribution >= 0.6 is 0 Å². The van der Waals surface area contributed by atoms with Crippen molar-refractivity contribution >= 4 is 23.0 Å². The SMILES string of the molecule is CCOC(=O)C(Oc1cccc2c1c(OC(N)=O)c(C)n2CCCC(C)CC)C(C)C. The number of carbonyl (C=O) groups excluding carboxylic acids is 2. The van der Waals surface area contributed by atoms with Crippen LogP contribution in [0.25, 0.3) is 10.9 Å². The third-order valence-corrected chi connectivity index (χ3v) is 5.61. The van der Waals surface area contributed by atoms with Crippen LogP contribution in [-0.4, -0.2) is 29.3 Å². The van der Waals surface area contributed by atoms with Crippen LogP contribution < -0.4 is 15.2 Å². The Morgan fingerprint density at radius 3 is 2.45 bits per heavy atom. The molecular formula is C24H36N2O5. The zero-order chi connectivity index (χ0) is 23.1. The molecule has 2 aromatic rings. The predicted octanol–water partition coefficient (Wildman–Crippen LogP) is 5.20. The summed E-state index contributed by atoms with van der Waals surface area (Å²) in [6.07, 6.45) is 1.58. The molecule has 1 heterocycles. The molecule has 0 aliphatic heterocycles. The van der Waals surface area contributed by atoms with Gasteiger partial charge in [0.05, 0.1) is 23.2 Å². The lowest BCUT2D eigenvalue weighted by Gasteiger charge is -2.21. The van der Waals surface area contributed by atoms with Gasteiger partial charge in [0.2, 0.25) is 0 Å². The van der Waals surface area contributed by atoms with Gasteiger partial charge in [0.25, 0.3) is 0 Å². The number of benzene rings is 1. The van der Waals surface area contributed by atoms with Crippen molar-refractivity contribution in [3.63, 3.8) is 0 Å². The Morgan fingerprint density at radius 2 is 1.87 bits per heavy atom. The highest BCUT2D eigenvalue weighted by Crippen LogP contribution is 2.40. The highest BCUT2D eigenvalue weighted by atomic mass is 16.6. The van der Waals surface area contributed by atoms with E-state index in [1.54, 1.807) is 13.0 Å². The fourth-order valence-electron chi connectivity index (χ4n) is 3.69. The summed E-state index contributed by atoms with van der Waals surface area (Å²) >= 11 is 0. The largest absolute Gasteiger partial charge is 0.478 e. The minimum Gasteiger partial charge on any atom is -0.478 e. The molecule has 0 saturated heterocycles. The van der Waals surface area contributed by atoms with Gasteiger partial charge < -0.3 is 24.5 Å². The van der Waals surface area contributed by atoms with Crippen LogP contribution in [0.1, 0.15) is 59.6 Å². The van der Waals surface area contributed by atoms with E-state index in [9.17, 15) is 9.59 Å². The first-order chi connectivity index (χ1) is 14.7. The summed E-state index contributed by atoms with van der Waals surface area (Å²) in [5.41, 5.74) is 7.03. The van der Waals surface area contributed by atoms with Crippen LogP contribution in [-0.2, 0) is 16.1 Å². The Hall–Kier alpha value is -2.70. The Balaban J connectivity index is 2.51. The van der Waals surface area contributed by atoms with Crippen molar-refractivity contribution < 1.29 is 23.8 Å². The van der Waals surface area contributed by atoms with Gasteiger partial charge in [-0.3, -0.25) is 0 Å². The van der Waals surface area contributed by atoms with E-state index in [2.05, 4.69) is 18.4 Å². The smallest absolute Gasteiger partial charge is 0.410 e. The van der Waals surface area contributed by atoms with Gasteiger partial charge >= 0.3 is 12.1 Å². The zero-order valence-corrected chi connectivity index (χ0v) is 19.6. The number of hydrogen-bond donors (Lipinski definition) is 1. The second-order valence-corrected chi connectivity index (χ2v) is 8.33. The molecule has 2 N–H and O–H groups in total. The van der Waals surface area contributed by atoms with E-state index >= 15 is 0 Å². The number of ether oxygens (including phenoxy) is 3. The van der Waals surface area contributed by atoms with Crippen molar-refractivity contribution in [3.05, 3.63) is 23.9 Å². The van der Waals surface area contributed by atoms with E-state index in [4.69, 9.17) is 19.9 Å². The third kappa shape index (κ3) is 5.93. The summed E-state index contributed by atoms with van der Waals surface area (Å²) in [6.45, 7) is 12.9. The van der Waals surface area contributed by atoms with E-state index in [1.807, 2.05) is 32.9 Å². The summed E-state index contributed by atoms with van der Waals surface area (Å²) in [5, 5.41) is 0.636. The highest BCUT2D eigenvalue weighted by molar-refractivity contribution is 5.96. The van der Waals surface area contributed by atoms with Gasteiger partial charge in [-0.15, -0.1) is 0 Å². The van der Waals surface area contributed by atoms with Crippen molar-refractivity contribution in [2.24, 2.45) is 17.6 Å². The maximum absolute atomic E-state index is 12.4. The Morgan fingerprint density at radius 1 is 1.16 bits per heavy atom. The number of nitrogens with two attached hydrogens (primary N) is 1. The number of primary amides is 1. The van der Waals surface area contributed by atoms with Crippen LogP contribution in [0, 0.1) is 18.8 Å². The molecule has 1 amide bonds. The molecule has 172 valence electrons. The number of fused-ring (bicyclic) bond motifs is 1. The molecule has 2 atom stereocenters. The number of esters is 1. The second-order valence-electron chi connectivity index (χ2n) is 8.33. The molecule has 1 aromatic heterocycles. The zero-order valence-electron chi connectivity index (χ0n) is 19.6. The first-order valence-corrected chi connectivity index (χ1v) is 11.1. The lowest BCUT2D eigenvalue weighted by molar-refractivity contribution is -0.153. The number of hydrogen-bond acceptors (Lipinski definition) is 5. The molecule has 0 fully saturated rings. The van der Waals surface area contributed by atoms with Crippen molar-refractivity contribution in [1.29, 1.82) is 0 Å². The van der Waals surface area contributed by atoms with Gasteiger partial charge in [-0.1, -0.05) is 40.2 Å². The summed E-state index contributed by atoms with van der Waals surface area (Å²) in [7, 11) is 0. The summed E-state index contributed by atoms with van der Waals surface area (Å²) in [5.74, 6) is 0.959. The van der Waals surface area contributed by atoms with Gasteiger partial charge in [-0.25, -0.2) is 9.59 Å². The van der Waals surface area contributed by atoms with Crippen molar-refractivity contribution in [1.82, 2.24) is 4.57 Å². The number of carbonyl (C=O) groups is 2. The number of aryl methyl sites for hydroxylation is 1. The fourth-order valence-corrected chi connectivity index (χ4v) is 3.69. The van der Waals surface area contributed by atoms with Crippen LogP contribution in [0.2, 0.25) is 0 Å². The average molecular weight is 433 g/mol. The first kappa shape index (κ1) is 24.6. The van der Waals surface area contributed by atoms with Gasteiger partial charge in [0, 0.05) is 12.5 Å². The van der Waals surface area contributed by atoms with Crippen LogP contribution in [0.3, 0.4) is 0 Å². The molecule has 1 aromatic carbocycles. The highest BCUT2D eigenvalue weighted by Gasteiger charge is 2.28. The third-order valence-electron chi connectivity index (χ3n) is 5.61. The van der Waals surface area contributed by atoms with Crippen molar-refractivity contribution in [3.8, 4) is 11.5 Å². The molecule has 0 bridgehead atoms. The van der Waals surface area contributed by atoms with Crippen LogP contribution in [0.5, 0.6) is 11.5 Å². The first-order valence-electron chi connectivity index (χ1n) is 11.1. The minimum atomic E-state index is -0.887. The second kappa shape index (κ2) is 11.1. The molecule has 0 saturated carbocycles. The van der Waals surface area contributed by atoms with Crippen LogP contribution in [0.15, 0.2) is 18.2 Å². The molecule has 2 unspecified atom stereocenters. The predicted molar refractivity (Wildman–Crippen MR) is 121 cm³/mol. The monoisotopic (exact) mass is 432 g/mol. The lowest BCUT2D eigenvalue weighted by Crippen LogP contribution is -2.34. The van der Waals surface area contributed by atoms with E-state index < -0.39 is 18.2 Å². The fraction of sp³-hybridized carbons (Fsp3) is 0.583. The Bertz CT molecular complexity index is 903. The number of aromatic nitrogens is 1. The minimum absolute atomic E-state index is 0.103. The molecule has 31 heavy (non-hydrogen) atoms. The molecule has 0 radical (unpaired) electrons. The van der Waals surface area contributed by atoms with Crippen LogP contribution in [0.4, 0.5) is 4.79 Å². The average Bonchev–Trinajstić information content (AvgIpc) is 2.97. The molecule has 0 spiro atoms. The van der Waals surface area contributed by atoms with Gasteiger partial charge in [0.15, 0.2) is 11.9 Å². The Kier molecular flexibility index (Phi) is 8.77. The Labute approximate surface area is 184 Å². The van der Waals surface area contributed by atoms with Gasteiger partial charge in [0.1, 0.15) is 5.75 Å². The molecular weight excluding hydrogens is 396 g/mol. The molecule has 2 rings (SSSR count). The van der Waals surface area contributed by atoms with E-state index in [0.29, 0.717) is 22.8 Å². The topological polar surface area (TPSA) is 92.8 Å². The summed E-state index contributed by atoms with van der Waals surface area (Å²) in [6, 6.07) is 5.60. The van der Waals surface area contributed by atoms with E-state index in [0.717, 1.165) is 37.0 Å². The summed E-state index contributed by atoms with van der Waals surface area (Å²) < 4.78 is 18.8. The standard InChI is InChI=1S/C24H36N2O5/c1-7-16(5)11-10-14-26-17(6)22(31-24(25)28)20-18(26)12-9-13-19(20)30-21(15(3)4)23(27)29-8-2/h9,12-13,15-16,21H,7-8,10-11,14H2,1-6H3,(H2,25,28). The molecule has 7 nitrogen and oxygen atoms in total. The van der Waals surface area contributed by atoms with Gasteiger partial charge in [-0.05, 0) is 44.7 Å².